The molecule has 0 unspecified atom stereocenters. The Bertz CT molecular complexity index is 611. The van der Waals surface area contributed by atoms with Gasteiger partial charge >= 0.3 is 0 Å². The van der Waals surface area contributed by atoms with E-state index in [1.807, 2.05) is 0 Å². The number of hydrogen-bond donors (Lipinski definition) is 2. The van der Waals surface area contributed by atoms with E-state index >= 15 is 0 Å². The molecule has 0 aromatic carbocycles. The average molecular weight is 256 g/mol. The molecule has 2 aromatic rings. The van der Waals surface area contributed by atoms with Gasteiger partial charge in [0, 0.05) is 0 Å². The predicted octanol–water partition coefficient (Wildman–Crippen LogP) is -0.378. The number of nitrogens with two attached hydrogens (primary N) is 1. The van der Waals surface area contributed by atoms with E-state index in [4.69, 9.17) is 5.73 Å². The van der Waals surface area contributed by atoms with Crippen LogP contribution in [0.3, 0.4) is 0 Å². The Labute approximate surface area is 109 Å². The highest BCUT2D eigenvalue weighted by molar-refractivity contribution is 5.89. The molecule has 1 amide bonds. The smallest absolute Gasteiger partial charge is 0.247 e. The normalized spacial score (nSPS) is 9.53. The highest BCUT2D eigenvalue weighted by Gasteiger charge is 2.04. The van der Waals surface area contributed by atoms with Gasteiger partial charge in [-0.15, -0.1) is 0 Å². The van der Waals surface area contributed by atoms with Crippen molar-refractivity contribution < 1.29 is 4.79 Å². The predicted molar refractivity (Wildman–Crippen MR) is 68.8 cm³/mol. The number of carbonyl (C=O) groups is 1. The zero-order chi connectivity index (χ0) is 13.5. The van der Waals surface area contributed by atoms with Crippen molar-refractivity contribution >= 4 is 11.7 Å². The van der Waals surface area contributed by atoms with E-state index in [0.29, 0.717) is 11.5 Å². The number of hydrogen-bond acceptors (Lipinski definition) is 5. The van der Waals surface area contributed by atoms with Crippen LogP contribution in [0, 0.1) is 11.8 Å². The van der Waals surface area contributed by atoms with E-state index < -0.39 is 0 Å². The van der Waals surface area contributed by atoms with Crippen LogP contribution in [-0.2, 0) is 11.3 Å². The zero-order valence-corrected chi connectivity index (χ0v) is 10.1. The summed E-state index contributed by atoms with van der Waals surface area (Å²) in [4.78, 5) is 19.6. The van der Waals surface area contributed by atoms with Gasteiger partial charge in [-0.05, 0) is 18.1 Å². The van der Waals surface area contributed by atoms with Crippen molar-refractivity contribution in [3.63, 3.8) is 0 Å². The number of amides is 1. The maximum atomic E-state index is 11.7. The van der Waals surface area contributed by atoms with Gasteiger partial charge in [0.15, 0.2) is 0 Å². The fourth-order valence-electron chi connectivity index (χ4n) is 1.36. The summed E-state index contributed by atoms with van der Waals surface area (Å²) in [6.45, 7) is 0.352. The number of aromatic nitrogens is 4. The Hall–Kier alpha value is -2.72. The molecule has 0 saturated heterocycles. The number of rotatable bonds is 3. The van der Waals surface area contributed by atoms with Gasteiger partial charge in [-0.3, -0.25) is 4.79 Å². The number of anilines is 1. The van der Waals surface area contributed by atoms with Gasteiger partial charge in [-0.1, -0.05) is 12.0 Å². The third kappa shape index (κ3) is 3.90. The Kier molecular flexibility index (Phi) is 4.21. The Morgan fingerprint density at radius 1 is 1.47 bits per heavy atom. The van der Waals surface area contributed by atoms with Gasteiger partial charge in [0.2, 0.25) is 5.91 Å². The second-order valence-electron chi connectivity index (χ2n) is 3.56. The van der Waals surface area contributed by atoms with Gasteiger partial charge in [-0.2, -0.15) is 5.10 Å². The van der Waals surface area contributed by atoms with E-state index in [2.05, 4.69) is 32.2 Å². The van der Waals surface area contributed by atoms with Crippen LogP contribution < -0.4 is 11.1 Å². The second kappa shape index (κ2) is 6.28. The van der Waals surface area contributed by atoms with Crippen LogP contribution in [0.1, 0.15) is 5.69 Å². The number of carbonyl (C=O) groups excluding carboxylic acids is 1. The Morgan fingerprint density at radius 2 is 2.37 bits per heavy atom. The summed E-state index contributed by atoms with van der Waals surface area (Å²) in [6, 6.07) is 5.20. The first-order chi connectivity index (χ1) is 9.28. The Balaban J connectivity index is 2.00. The van der Waals surface area contributed by atoms with Crippen molar-refractivity contribution in [2.75, 3.05) is 11.9 Å². The number of pyridine rings is 1. The molecule has 0 fully saturated rings. The molecular weight excluding hydrogens is 244 g/mol. The summed E-state index contributed by atoms with van der Waals surface area (Å²) in [5.41, 5.74) is 5.84. The molecule has 2 rings (SSSR count). The Morgan fingerprint density at radius 3 is 3.11 bits per heavy atom. The molecule has 0 spiro atoms. The molecule has 0 aliphatic heterocycles. The molecule has 0 atom stereocenters. The van der Waals surface area contributed by atoms with Crippen LogP contribution in [0.2, 0.25) is 0 Å². The monoisotopic (exact) mass is 256 g/mol. The molecule has 7 nitrogen and oxygen atoms in total. The van der Waals surface area contributed by atoms with Crippen molar-refractivity contribution in [2.45, 2.75) is 6.54 Å². The lowest BCUT2D eigenvalue weighted by molar-refractivity contribution is -0.116. The first-order valence-electron chi connectivity index (χ1n) is 5.56. The van der Waals surface area contributed by atoms with Crippen molar-refractivity contribution in [1.29, 1.82) is 0 Å². The van der Waals surface area contributed by atoms with Crippen molar-refractivity contribution in [1.82, 2.24) is 19.7 Å². The molecule has 0 aliphatic carbocycles. The SMILES string of the molecule is NCC#Cc1cccc(NC(=O)Cn2cncn2)n1. The average Bonchev–Trinajstić information content (AvgIpc) is 2.89. The number of nitrogens with one attached hydrogen (secondary N) is 1. The molecule has 2 aromatic heterocycles. The first kappa shape index (κ1) is 12.7. The highest BCUT2D eigenvalue weighted by atomic mass is 16.2. The molecule has 19 heavy (non-hydrogen) atoms. The second-order valence-corrected chi connectivity index (χ2v) is 3.56. The van der Waals surface area contributed by atoms with Gasteiger partial charge in [0.05, 0.1) is 6.54 Å². The quantitative estimate of drug-likeness (QED) is 0.729. The van der Waals surface area contributed by atoms with E-state index in [9.17, 15) is 4.79 Å². The molecule has 96 valence electrons. The molecule has 3 N–H and O–H groups in total. The largest absolute Gasteiger partial charge is 0.320 e. The fraction of sp³-hybridized carbons (Fsp3) is 0.167. The minimum absolute atomic E-state index is 0.0837. The highest BCUT2D eigenvalue weighted by Crippen LogP contribution is 2.04. The molecular formula is C12H12N6O. The summed E-state index contributed by atoms with van der Waals surface area (Å²) in [5, 5.41) is 6.50. The molecule has 0 radical (unpaired) electrons. The standard InChI is InChI=1S/C12H12N6O/c13-6-2-4-10-3-1-5-11(16-10)17-12(19)7-18-9-14-8-15-18/h1,3,5,8-9H,6-7,13H2,(H,16,17,19). The van der Waals surface area contributed by atoms with Gasteiger partial charge < -0.3 is 11.1 Å². The summed E-state index contributed by atoms with van der Waals surface area (Å²) in [6.07, 6.45) is 2.84. The van der Waals surface area contributed by atoms with Crippen LogP contribution in [0.25, 0.3) is 0 Å². The van der Waals surface area contributed by atoms with Crippen molar-refractivity contribution in [3.05, 3.63) is 36.5 Å². The van der Waals surface area contributed by atoms with E-state index in [0.717, 1.165) is 0 Å². The van der Waals surface area contributed by atoms with Crippen LogP contribution in [0.5, 0.6) is 0 Å². The fourth-order valence-corrected chi connectivity index (χ4v) is 1.36. The molecule has 0 saturated carbocycles. The van der Waals surface area contributed by atoms with Gasteiger partial charge in [-0.25, -0.2) is 14.6 Å². The maximum absolute atomic E-state index is 11.7. The van der Waals surface area contributed by atoms with Crippen LogP contribution >= 0.6 is 0 Å². The molecule has 0 aliphatic rings. The van der Waals surface area contributed by atoms with Crippen LogP contribution in [0.4, 0.5) is 5.82 Å². The lowest BCUT2D eigenvalue weighted by atomic mass is 10.3. The van der Waals surface area contributed by atoms with Crippen LogP contribution in [0.15, 0.2) is 30.9 Å². The minimum atomic E-state index is -0.234. The molecule has 2 heterocycles. The van der Waals surface area contributed by atoms with E-state index in [-0.39, 0.29) is 19.0 Å². The van der Waals surface area contributed by atoms with E-state index in [1.54, 1.807) is 18.2 Å². The van der Waals surface area contributed by atoms with Crippen molar-refractivity contribution in [2.24, 2.45) is 5.73 Å². The summed E-state index contributed by atoms with van der Waals surface area (Å²) >= 11 is 0. The number of nitrogens with zero attached hydrogens (tertiary/aromatic N) is 4. The minimum Gasteiger partial charge on any atom is -0.320 e. The maximum Gasteiger partial charge on any atom is 0.247 e. The first-order valence-corrected chi connectivity index (χ1v) is 5.56. The lowest BCUT2D eigenvalue weighted by Crippen LogP contribution is -2.19. The summed E-state index contributed by atoms with van der Waals surface area (Å²) < 4.78 is 1.42. The van der Waals surface area contributed by atoms with E-state index in [1.165, 1.54) is 17.3 Å². The molecule has 7 heteroatoms. The molecule has 0 bridgehead atoms. The van der Waals surface area contributed by atoms with Crippen LogP contribution in [-0.4, -0.2) is 32.2 Å². The van der Waals surface area contributed by atoms with Gasteiger partial charge in [0.1, 0.15) is 30.7 Å². The van der Waals surface area contributed by atoms with Crippen molar-refractivity contribution in [3.8, 4) is 11.8 Å². The van der Waals surface area contributed by atoms with Gasteiger partial charge in [0.25, 0.3) is 0 Å². The topological polar surface area (TPSA) is 98.7 Å². The third-order valence-corrected chi connectivity index (χ3v) is 2.11. The lowest BCUT2D eigenvalue weighted by Gasteiger charge is -2.04. The third-order valence-electron chi connectivity index (χ3n) is 2.11. The summed E-state index contributed by atoms with van der Waals surface area (Å²) in [7, 11) is 0. The summed E-state index contributed by atoms with van der Waals surface area (Å²) in [5.74, 6) is 5.70. The zero-order valence-electron chi connectivity index (χ0n) is 10.1.